The number of benzene rings is 2. The molecule has 0 bridgehead atoms. The molecule has 0 unspecified atom stereocenters. The maximum absolute atomic E-state index is 12.3. The molecule has 3 aromatic rings. The van der Waals surface area contributed by atoms with Gasteiger partial charge in [0.05, 0.1) is 16.8 Å². The average molecular weight is 487 g/mol. The molecular formula is C24H27BrN2O2S. The second-order valence-corrected chi connectivity index (χ2v) is 10.2. The van der Waals surface area contributed by atoms with Gasteiger partial charge in [0, 0.05) is 16.9 Å². The Kier molecular flexibility index (Phi) is 7.32. The van der Waals surface area contributed by atoms with Gasteiger partial charge in [-0.3, -0.25) is 4.79 Å². The summed E-state index contributed by atoms with van der Waals surface area (Å²) in [5, 5.41) is 3.55. The second-order valence-electron chi connectivity index (χ2n) is 8.19. The zero-order valence-electron chi connectivity index (χ0n) is 17.8. The first kappa shape index (κ1) is 22.5. The fourth-order valence-corrected chi connectivity index (χ4v) is 4.34. The Morgan fingerprint density at radius 1 is 1.17 bits per heavy atom. The Labute approximate surface area is 190 Å². The van der Waals surface area contributed by atoms with Crippen LogP contribution in [0.15, 0.2) is 53.0 Å². The lowest BCUT2D eigenvalue weighted by atomic mass is 9.87. The molecule has 6 heteroatoms. The summed E-state index contributed by atoms with van der Waals surface area (Å²) in [5.74, 6) is 0.751. The molecule has 1 aromatic heterocycles. The van der Waals surface area contributed by atoms with Crippen molar-refractivity contribution < 1.29 is 9.53 Å². The maximum atomic E-state index is 12.3. The number of rotatable bonds is 7. The second kappa shape index (κ2) is 9.75. The minimum atomic E-state index is -0.0471. The first-order valence-electron chi connectivity index (χ1n) is 9.99. The van der Waals surface area contributed by atoms with Crippen LogP contribution in [0.1, 0.15) is 44.1 Å². The Hall–Kier alpha value is -2.18. The van der Waals surface area contributed by atoms with Crippen LogP contribution < -0.4 is 10.1 Å². The van der Waals surface area contributed by atoms with E-state index in [9.17, 15) is 4.79 Å². The third-order valence-corrected chi connectivity index (χ3v) is 6.20. The summed E-state index contributed by atoms with van der Waals surface area (Å²) in [6.45, 7) is 9.04. The van der Waals surface area contributed by atoms with Gasteiger partial charge in [-0.15, -0.1) is 11.3 Å². The predicted molar refractivity (Wildman–Crippen MR) is 128 cm³/mol. The average Bonchev–Trinajstić information content (AvgIpc) is 3.06. The highest BCUT2D eigenvalue weighted by Gasteiger charge is 2.15. The molecule has 0 saturated carbocycles. The molecule has 0 saturated heterocycles. The van der Waals surface area contributed by atoms with Gasteiger partial charge in [-0.2, -0.15) is 0 Å². The number of aromatic nitrogens is 1. The van der Waals surface area contributed by atoms with Gasteiger partial charge in [-0.1, -0.05) is 57.2 Å². The molecular weight excluding hydrogens is 460 g/mol. The first-order chi connectivity index (χ1) is 14.2. The number of carbonyl (C=O) groups is 1. The molecule has 0 fully saturated rings. The number of thiazole rings is 1. The van der Waals surface area contributed by atoms with E-state index in [4.69, 9.17) is 4.74 Å². The standard InChI is InChI=1S/C24H27BrN2O2S/c1-16-22(17-9-6-5-7-10-17)27-23(30-16)26-21(28)11-8-14-29-20-13-12-18(15-19(20)25)24(2,3)4/h5-7,9-10,12-13,15H,8,11,14H2,1-4H3,(H,26,27,28). The normalized spacial score (nSPS) is 11.4. The van der Waals surface area contributed by atoms with Crippen molar-refractivity contribution in [3.63, 3.8) is 0 Å². The largest absolute Gasteiger partial charge is 0.492 e. The number of carbonyl (C=O) groups excluding carboxylic acids is 1. The lowest BCUT2D eigenvalue weighted by Crippen LogP contribution is -2.13. The number of nitrogens with zero attached hydrogens (tertiary/aromatic N) is 1. The number of nitrogens with one attached hydrogen (secondary N) is 1. The Morgan fingerprint density at radius 2 is 1.90 bits per heavy atom. The van der Waals surface area contributed by atoms with Crippen LogP contribution in [0.5, 0.6) is 5.75 Å². The summed E-state index contributed by atoms with van der Waals surface area (Å²) in [7, 11) is 0. The van der Waals surface area contributed by atoms with E-state index in [1.165, 1.54) is 16.9 Å². The number of halogens is 1. The molecule has 30 heavy (non-hydrogen) atoms. The molecule has 0 aliphatic rings. The van der Waals surface area contributed by atoms with Crippen molar-refractivity contribution in [1.82, 2.24) is 4.98 Å². The van der Waals surface area contributed by atoms with Gasteiger partial charge >= 0.3 is 0 Å². The Morgan fingerprint density at radius 3 is 2.57 bits per heavy atom. The molecule has 0 radical (unpaired) electrons. The van der Waals surface area contributed by atoms with Crippen molar-refractivity contribution in [2.24, 2.45) is 0 Å². The fourth-order valence-electron chi connectivity index (χ4n) is 2.99. The highest BCUT2D eigenvalue weighted by atomic mass is 79.9. The zero-order chi connectivity index (χ0) is 21.7. The minimum Gasteiger partial charge on any atom is -0.492 e. The highest BCUT2D eigenvalue weighted by molar-refractivity contribution is 9.10. The van der Waals surface area contributed by atoms with E-state index in [-0.39, 0.29) is 11.3 Å². The molecule has 0 aliphatic heterocycles. The van der Waals surface area contributed by atoms with Crippen molar-refractivity contribution in [2.45, 2.75) is 46.0 Å². The maximum Gasteiger partial charge on any atom is 0.226 e. The lowest BCUT2D eigenvalue weighted by Gasteiger charge is -2.20. The van der Waals surface area contributed by atoms with Crippen LogP contribution in [-0.4, -0.2) is 17.5 Å². The molecule has 0 aliphatic carbocycles. The van der Waals surface area contributed by atoms with E-state index in [0.29, 0.717) is 24.6 Å². The Bertz CT molecular complexity index is 1010. The van der Waals surface area contributed by atoms with Gasteiger partial charge < -0.3 is 10.1 Å². The minimum absolute atomic E-state index is 0.0471. The first-order valence-corrected chi connectivity index (χ1v) is 11.6. The quantitative estimate of drug-likeness (QED) is 0.366. The summed E-state index contributed by atoms with van der Waals surface area (Å²) in [6, 6.07) is 16.2. The number of hydrogen-bond acceptors (Lipinski definition) is 4. The Balaban J connectivity index is 1.48. The van der Waals surface area contributed by atoms with Crippen LogP contribution in [0.3, 0.4) is 0 Å². The van der Waals surface area contributed by atoms with Crippen LogP contribution in [0, 0.1) is 6.92 Å². The third-order valence-electron chi connectivity index (χ3n) is 4.69. The van der Waals surface area contributed by atoms with E-state index in [0.717, 1.165) is 26.4 Å². The van der Waals surface area contributed by atoms with Gasteiger partial charge in [0.2, 0.25) is 5.91 Å². The SMILES string of the molecule is Cc1sc(NC(=O)CCCOc2ccc(C(C)(C)C)cc2Br)nc1-c1ccccc1. The van der Waals surface area contributed by atoms with Crippen molar-refractivity contribution in [2.75, 3.05) is 11.9 Å². The molecule has 2 aromatic carbocycles. The predicted octanol–water partition coefficient (Wildman–Crippen LogP) is 6.98. The van der Waals surface area contributed by atoms with E-state index in [1.807, 2.05) is 43.3 Å². The summed E-state index contributed by atoms with van der Waals surface area (Å²) < 4.78 is 6.78. The van der Waals surface area contributed by atoms with Crippen LogP contribution in [-0.2, 0) is 10.2 Å². The fraction of sp³-hybridized carbons (Fsp3) is 0.333. The zero-order valence-corrected chi connectivity index (χ0v) is 20.2. The number of hydrogen-bond donors (Lipinski definition) is 1. The van der Waals surface area contributed by atoms with Gasteiger partial charge in [0.25, 0.3) is 0 Å². The van der Waals surface area contributed by atoms with E-state index < -0.39 is 0 Å². The number of amides is 1. The van der Waals surface area contributed by atoms with Crippen LogP contribution in [0.25, 0.3) is 11.3 Å². The van der Waals surface area contributed by atoms with Gasteiger partial charge in [0.15, 0.2) is 5.13 Å². The van der Waals surface area contributed by atoms with Crippen LogP contribution in [0.4, 0.5) is 5.13 Å². The topological polar surface area (TPSA) is 51.2 Å². The molecule has 1 heterocycles. The van der Waals surface area contributed by atoms with Crippen molar-refractivity contribution in [3.8, 4) is 17.0 Å². The van der Waals surface area contributed by atoms with E-state index in [1.54, 1.807) is 0 Å². The van der Waals surface area contributed by atoms with Crippen LogP contribution in [0.2, 0.25) is 0 Å². The highest BCUT2D eigenvalue weighted by Crippen LogP contribution is 2.32. The summed E-state index contributed by atoms with van der Waals surface area (Å²) in [4.78, 5) is 18.0. The number of aryl methyl sites for hydroxylation is 1. The third kappa shape index (κ3) is 5.92. The van der Waals surface area contributed by atoms with E-state index >= 15 is 0 Å². The van der Waals surface area contributed by atoms with Gasteiger partial charge in [0.1, 0.15) is 5.75 Å². The molecule has 3 rings (SSSR count). The smallest absolute Gasteiger partial charge is 0.226 e. The molecule has 1 amide bonds. The van der Waals surface area contributed by atoms with Crippen LogP contribution >= 0.6 is 27.3 Å². The molecule has 1 N–H and O–H groups in total. The van der Waals surface area contributed by atoms with Gasteiger partial charge in [-0.25, -0.2) is 4.98 Å². The molecule has 4 nitrogen and oxygen atoms in total. The number of anilines is 1. The number of ether oxygens (including phenoxy) is 1. The van der Waals surface area contributed by atoms with Crippen molar-refractivity contribution >= 4 is 38.3 Å². The van der Waals surface area contributed by atoms with Crippen molar-refractivity contribution in [1.29, 1.82) is 0 Å². The summed E-state index contributed by atoms with van der Waals surface area (Å²) in [6.07, 6.45) is 1.02. The summed E-state index contributed by atoms with van der Waals surface area (Å²) >= 11 is 5.08. The van der Waals surface area contributed by atoms with Crippen molar-refractivity contribution in [3.05, 3.63) is 63.4 Å². The summed E-state index contributed by atoms with van der Waals surface area (Å²) in [5.41, 5.74) is 3.31. The molecule has 158 valence electrons. The molecule has 0 spiro atoms. The van der Waals surface area contributed by atoms with E-state index in [2.05, 4.69) is 59.1 Å². The van der Waals surface area contributed by atoms with Gasteiger partial charge in [-0.05, 0) is 52.4 Å². The molecule has 0 atom stereocenters. The monoisotopic (exact) mass is 486 g/mol. The lowest BCUT2D eigenvalue weighted by molar-refractivity contribution is -0.116.